The molecule has 0 spiro atoms. The molecule has 0 radical (unpaired) electrons. The van der Waals surface area contributed by atoms with E-state index >= 15 is 0 Å². The van der Waals surface area contributed by atoms with Gasteiger partial charge >= 0.3 is 0 Å². The predicted octanol–water partition coefficient (Wildman–Crippen LogP) is 0.844. The van der Waals surface area contributed by atoms with E-state index in [-0.39, 0.29) is 16.7 Å². The SMILES string of the molecule is CC(=O)Nc1cccc(S(=O)(=O)N2CCOCC(CN(C)C)C2)c1. The highest BCUT2D eigenvalue weighted by Gasteiger charge is 2.29. The van der Waals surface area contributed by atoms with E-state index in [0.717, 1.165) is 6.54 Å². The van der Waals surface area contributed by atoms with Gasteiger partial charge in [0.05, 0.1) is 18.1 Å². The van der Waals surface area contributed by atoms with Crippen LogP contribution in [0.3, 0.4) is 0 Å². The van der Waals surface area contributed by atoms with E-state index in [9.17, 15) is 13.2 Å². The van der Waals surface area contributed by atoms with Gasteiger partial charge in [-0.25, -0.2) is 8.42 Å². The Morgan fingerprint density at radius 2 is 2.17 bits per heavy atom. The summed E-state index contributed by atoms with van der Waals surface area (Å²) in [5.74, 6) is -0.116. The molecule has 0 saturated carbocycles. The van der Waals surface area contributed by atoms with Crippen LogP contribution in [0.15, 0.2) is 29.2 Å². The maximum atomic E-state index is 13.0. The fourth-order valence-corrected chi connectivity index (χ4v) is 4.33. The number of amides is 1. The molecule has 1 amide bonds. The Labute approximate surface area is 143 Å². The van der Waals surface area contributed by atoms with E-state index in [4.69, 9.17) is 4.74 Å². The van der Waals surface area contributed by atoms with Crippen molar-refractivity contribution in [3.05, 3.63) is 24.3 Å². The van der Waals surface area contributed by atoms with Crippen LogP contribution in [0.1, 0.15) is 6.92 Å². The molecule has 0 aromatic heterocycles. The van der Waals surface area contributed by atoms with Crippen molar-refractivity contribution in [3.8, 4) is 0 Å². The molecular formula is C16H25N3O4S. The maximum absolute atomic E-state index is 13.0. The number of carbonyl (C=O) groups excluding carboxylic acids is 1. The summed E-state index contributed by atoms with van der Waals surface area (Å²) in [7, 11) is 0.289. The second-order valence-corrected chi connectivity index (χ2v) is 8.21. The highest BCUT2D eigenvalue weighted by molar-refractivity contribution is 7.89. The third-order valence-electron chi connectivity index (χ3n) is 3.72. The van der Waals surface area contributed by atoms with E-state index in [1.54, 1.807) is 18.2 Å². The lowest BCUT2D eigenvalue weighted by atomic mass is 10.1. The molecule has 8 heteroatoms. The van der Waals surface area contributed by atoms with Gasteiger partial charge in [-0.05, 0) is 32.3 Å². The van der Waals surface area contributed by atoms with Crippen molar-refractivity contribution in [2.24, 2.45) is 5.92 Å². The molecule has 0 aliphatic carbocycles. The minimum atomic E-state index is -3.63. The summed E-state index contributed by atoms with van der Waals surface area (Å²) in [6.45, 7) is 3.84. The van der Waals surface area contributed by atoms with Crippen LogP contribution in [0.25, 0.3) is 0 Å². The molecule has 7 nitrogen and oxygen atoms in total. The number of hydrogen-bond donors (Lipinski definition) is 1. The van der Waals surface area contributed by atoms with Crippen LogP contribution in [0.5, 0.6) is 0 Å². The molecule has 1 aliphatic heterocycles. The summed E-state index contributed by atoms with van der Waals surface area (Å²) in [6, 6.07) is 6.33. The van der Waals surface area contributed by atoms with Gasteiger partial charge < -0.3 is 15.0 Å². The van der Waals surface area contributed by atoms with Gasteiger partial charge in [0.25, 0.3) is 0 Å². The molecular weight excluding hydrogens is 330 g/mol. The van der Waals surface area contributed by atoms with Gasteiger partial charge in [0.1, 0.15) is 0 Å². The zero-order valence-electron chi connectivity index (χ0n) is 14.4. The largest absolute Gasteiger partial charge is 0.380 e. The molecule has 1 heterocycles. The number of rotatable bonds is 5. The lowest BCUT2D eigenvalue weighted by molar-refractivity contribution is -0.114. The Hall–Kier alpha value is -1.48. The quantitative estimate of drug-likeness (QED) is 0.847. The third kappa shape index (κ3) is 5.01. The van der Waals surface area contributed by atoms with Gasteiger partial charge in [0.2, 0.25) is 15.9 Å². The van der Waals surface area contributed by atoms with Gasteiger partial charge in [0.15, 0.2) is 0 Å². The van der Waals surface area contributed by atoms with Crippen LogP contribution in [0.2, 0.25) is 0 Å². The Balaban J connectivity index is 2.23. The standard InChI is InChI=1S/C16H25N3O4S/c1-13(20)17-15-5-4-6-16(9-15)24(21,22)19-7-8-23-12-14(11-19)10-18(2)3/h4-6,9,14H,7-8,10-12H2,1-3H3,(H,17,20). The molecule has 2 rings (SSSR count). The molecule has 1 aliphatic rings. The van der Waals surface area contributed by atoms with Crippen LogP contribution in [-0.2, 0) is 19.6 Å². The first-order chi connectivity index (χ1) is 11.3. The fourth-order valence-electron chi connectivity index (χ4n) is 2.78. The van der Waals surface area contributed by atoms with E-state index in [1.807, 2.05) is 19.0 Å². The second-order valence-electron chi connectivity index (χ2n) is 6.28. The van der Waals surface area contributed by atoms with Crippen molar-refractivity contribution in [3.63, 3.8) is 0 Å². The molecule has 24 heavy (non-hydrogen) atoms. The number of sulfonamides is 1. The van der Waals surface area contributed by atoms with Gasteiger partial charge in [-0.1, -0.05) is 6.07 Å². The first-order valence-electron chi connectivity index (χ1n) is 7.89. The molecule has 1 aromatic rings. The predicted molar refractivity (Wildman–Crippen MR) is 92.4 cm³/mol. The van der Waals surface area contributed by atoms with E-state index in [1.165, 1.54) is 17.3 Å². The highest BCUT2D eigenvalue weighted by atomic mass is 32.2. The zero-order valence-corrected chi connectivity index (χ0v) is 15.2. The van der Waals surface area contributed by atoms with Crippen LogP contribution in [0, 0.1) is 5.92 Å². The summed E-state index contributed by atoms with van der Waals surface area (Å²) >= 11 is 0. The number of nitrogens with zero attached hydrogens (tertiary/aromatic N) is 2. The van der Waals surface area contributed by atoms with Crippen molar-refractivity contribution in [2.75, 3.05) is 52.3 Å². The normalized spacial score (nSPS) is 19.9. The van der Waals surface area contributed by atoms with Crippen molar-refractivity contribution in [2.45, 2.75) is 11.8 Å². The van der Waals surface area contributed by atoms with E-state index in [0.29, 0.717) is 32.0 Å². The number of ether oxygens (including phenoxy) is 1. The van der Waals surface area contributed by atoms with E-state index < -0.39 is 10.0 Å². The van der Waals surface area contributed by atoms with Gasteiger partial charge in [0, 0.05) is 38.2 Å². The van der Waals surface area contributed by atoms with E-state index in [2.05, 4.69) is 5.32 Å². The van der Waals surface area contributed by atoms with Crippen LogP contribution in [-0.4, -0.2) is 70.5 Å². The van der Waals surface area contributed by atoms with Crippen molar-refractivity contribution >= 4 is 21.6 Å². The first-order valence-corrected chi connectivity index (χ1v) is 9.33. The first kappa shape index (κ1) is 18.9. The Morgan fingerprint density at radius 1 is 1.42 bits per heavy atom. The Kier molecular flexibility index (Phi) is 6.34. The number of nitrogens with one attached hydrogen (secondary N) is 1. The third-order valence-corrected chi connectivity index (χ3v) is 5.58. The molecule has 1 aromatic carbocycles. The van der Waals surface area contributed by atoms with Gasteiger partial charge in [-0.2, -0.15) is 4.31 Å². The molecule has 134 valence electrons. The van der Waals surface area contributed by atoms with Crippen LogP contribution >= 0.6 is 0 Å². The average molecular weight is 355 g/mol. The summed E-state index contributed by atoms with van der Waals surface area (Å²) in [5, 5.41) is 2.61. The second kappa shape index (κ2) is 8.06. The van der Waals surface area contributed by atoms with Crippen molar-refractivity contribution in [1.82, 2.24) is 9.21 Å². The number of hydrogen-bond acceptors (Lipinski definition) is 5. The minimum Gasteiger partial charge on any atom is -0.380 e. The lowest BCUT2D eigenvalue weighted by Gasteiger charge is -2.25. The lowest BCUT2D eigenvalue weighted by Crippen LogP contribution is -2.38. The fraction of sp³-hybridized carbons (Fsp3) is 0.562. The van der Waals surface area contributed by atoms with Gasteiger partial charge in [-0.15, -0.1) is 0 Å². The smallest absolute Gasteiger partial charge is 0.243 e. The average Bonchev–Trinajstić information content (AvgIpc) is 2.72. The van der Waals surface area contributed by atoms with Crippen LogP contribution < -0.4 is 5.32 Å². The zero-order chi connectivity index (χ0) is 17.7. The molecule has 1 unspecified atom stereocenters. The van der Waals surface area contributed by atoms with Gasteiger partial charge in [-0.3, -0.25) is 4.79 Å². The minimum absolute atomic E-state index is 0.121. The number of carbonyl (C=O) groups is 1. The summed E-state index contributed by atoms with van der Waals surface area (Å²) in [5.41, 5.74) is 0.472. The Morgan fingerprint density at radius 3 is 2.83 bits per heavy atom. The number of anilines is 1. The molecule has 0 bridgehead atoms. The highest BCUT2D eigenvalue weighted by Crippen LogP contribution is 2.22. The molecule has 1 atom stereocenters. The maximum Gasteiger partial charge on any atom is 0.243 e. The summed E-state index contributed by atoms with van der Waals surface area (Å²) in [6.07, 6.45) is 0. The van der Waals surface area contributed by atoms with Crippen LogP contribution in [0.4, 0.5) is 5.69 Å². The molecule has 1 saturated heterocycles. The topological polar surface area (TPSA) is 79.0 Å². The van der Waals surface area contributed by atoms with Crippen molar-refractivity contribution < 1.29 is 17.9 Å². The van der Waals surface area contributed by atoms with Crippen molar-refractivity contribution in [1.29, 1.82) is 0 Å². The summed E-state index contributed by atoms with van der Waals surface area (Å²) < 4.78 is 32.9. The number of benzene rings is 1. The monoisotopic (exact) mass is 355 g/mol. The molecule has 1 N–H and O–H groups in total. The summed E-state index contributed by atoms with van der Waals surface area (Å²) in [4.78, 5) is 13.4. The Bertz CT molecular complexity index is 676. The molecule has 1 fully saturated rings.